The first kappa shape index (κ1) is 16.5. The monoisotopic (exact) mass is 323 g/mol. The van der Waals surface area contributed by atoms with Gasteiger partial charge in [0.2, 0.25) is 5.89 Å². The topological polar surface area (TPSA) is 85.1 Å². The number of sulfone groups is 1. The van der Waals surface area contributed by atoms with E-state index in [4.69, 9.17) is 4.52 Å². The summed E-state index contributed by atoms with van der Waals surface area (Å²) in [4.78, 5) is 4.29. The maximum atomic E-state index is 11.2. The standard InChI is InChI=1S/C15H21N3O3S/c1-15(2,3)13-17-14(18-21-13)16-9-11-5-7-12(8-6-11)10-22(4,19)20/h5-8H,9-10H2,1-4H3,(H,16,18). The minimum atomic E-state index is -3.00. The molecule has 0 radical (unpaired) electrons. The van der Waals surface area contributed by atoms with Gasteiger partial charge in [0.25, 0.3) is 5.95 Å². The van der Waals surface area contributed by atoms with E-state index in [0.29, 0.717) is 18.4 Å². The minimum absolute atomic E-state index is 0.0560. The molecule has 120 valence electrons. The molecule has 1 aromatic carbocycles. The number of rotatable bonds is 5. The average molecular weight is 323 g/mol. The Balaban J connectivity index is 1.96. The van der Waals surface area contributed by atoms with Gasteiger partial charge in [-0.2, -0.15) is 4.98 Å². The van der Waals surface area contributed by atoms with Gasteiger partial charge in [-0.15, -0.1) is 0 Å². The molecule has 0 saturated heterocycles. The molecule has 0 amide bonds. The first-order chi connectivity index (χ1) is 10.1. The van der Waals surface area contributed by atoms with Crippen molar-refractivity contribution in [1.82, 2.24) is 10.1 Å². The van der Waals surface area contributed by atoms with Crippen molar-refractivity contribution < 1.29 is 12.9 Å². The third-order valence-electron chi connectivity index (χ3n) is 2.97. The van der Waals surface area contributed by atoms with Crippen LogP contribution in [0, 0.1) is 0 Å². The number of benzene rings is 1. The smallest absolute Gasteiger partial charge is 0.263 e. The Morgan fingerprint density at radius 2 is 1.73 bits per heavy atom. The first-order valence-electron chi connectivity index (χ1n) is 6.97. The summed E-state index contributed by atoms with van der Waals surface area (Å²) in [5.74, 6) is 1.09. The lowest BCUT2D eigenvalue weighted by Gasteiger charge is -2.10. The summed E-state index contributed by atoms with van der Waals surface area (Å²) in [5, 5.41) is 6.97. The van der Waals surface area contributed by atoms with Crippen LogP contribution in [0.2, 0.25) is 0 Å². The maximum Gasteiger partial charge on any atom is 0.263 e. The highest BCUT2D eigenvalue weighted by atomic mass is 32.2. The predicted molar refractivity (Wildman–Crippen MR) is 85.3 cm³/mol. The van der Waals surface area contributed by atoms with Gasteiger partial charge in [0.1, 0.15) is 0 Å². The maximum absolute atomic E-state index is 11.2. The number of hydrogen-bond acceptors (Lipinski definition) is 6. The van der Waals surface area contributed by atoms with Gasteiger partial charge in [0.05, 0.1) is 5.75 Å². The number of anilines is 1. The van der Waals surface area contributed by atoms with Gasteiger partial charge in [0, 0.05) is 18.2 Å². The number of nitrogens with zero attached hydrogens (tertiary/aromatic N) is 2. The van der Waals surface area contributed by atoms with E-state index in [1.54, 1.807) is 0 Å². The van der Waals surface area contributed by atoms with Crippen LogP contribution in [0.3, 0.4) is 0 Å². The largest absolute Gasteiger partial charge is 0.348 e. The van der Waals surface area contributed by atoms with Gasteiger partial charge in [-0.3, -0.25) is 0 Å². The highest BCUT2D eigenvalue weighted by Crippen LogP contribution is 2.21. The van der Waals surface area contributed by atoms with Crippen LogP contribution in [-0.2, 0) is 27.5 Å². The zero-order valence-corrected chi connectivity index (χ0v) is 14.1. The van der Waals surface area contributed by atoms with Gasteiger partial charge in [-0.05, 0) is 16.3 Å². The molecule has 0 aliphatic rings. The highest BCUT2D eigenvalue weighted by molar-refractivity contribution is 7.89. The Labute approximate surface area is 130 Å². The van der Waals surface area contributed by atoms with E-state index >= 15 is 0 Å². The summed E-state index contributed by atoms with van der Waals surface area (Å²) in [5.41, 5.74) is 1.61. The highest BCUT2D eigenvalue weighted by Gasteiger charge is 2.21. The van der Waals surface area contributed by atoms with Crippen molar-refractivity contribution in [3.05, 3.63) is 41.3 Å². The molecular formula is C15H21N3O3S. The van der Waals surface area contributed by atoms with Crippen molar-refractivity contribution in [2.24, 2.45) is 0 Å². The Kier molecular flexibility index (Phi) is 4.55. The van der Waals surface area contributed by atoms with Crippen molar-refractivity contribution >= 4 is 15.8 Å². The van der Waals surface area contributed by atoms with E-state index in [0.717, 1.165) is 11.1 Å². The van der Waals surface area contributed by atoms with Crippen LogP contribution in [0.25, 0.3) is 0 Å². The summed E-state index contributed by atoms with van der Waals surface area (Å²) in [7, 11) is -3.00. The molecule has 2 rings (SSSR count). The Morgan fingerprint density at radius 3 is 2.23 bits per heavy atom. The van der Waals surface area contributed by atoms with Gasteiger partial charge >= 0.3 is 0 Å². The van der Waals surface area contributed by atoms with Crippen LogP contribution < -0.4 is 5.32 Å². The van der Waals surface area contributed by atoms with E-state index in [9.17, 15) is 8.42 Å². The lowest BCUT2D eigenvalue weighted by Crippen LogP contribution is -2.11. The predicted octanol–water partition coefficient (Wildman–Crippen LogP) is 2.52. The van der Waals surface area contributed by atoms with Crippen LogP contribution in [-0.4, -0.2) is 24.8 Å². The first-order valence-corrected chi connectivity index (χ1v) is 9.03. The van der Waals surface area contributed by atoms with Crippen LogP contribution in [0.15, 0.2) is 28.8 Å². The summed E-state index contributed by atoms with van der Waals surface area (Å²) >= 11 is 0. The molecular weight excluding hydrogens is 302 g/mol. The molecule has 6 nitrogen and oxygen atoms in total. The lowest BCUT2D eigenvalue weighted by atomic mass is 9.97. The van der Waals surface area contributed by atoms with Crippen LogP contribution in [0.1, 0.15) is 37.8 Å². The Bertz CT molecular complexity index is 728. The molecule has 0 spiro atoms. The minimum Gasteiger partial charge on any atom is -0.348 e. The lowest BCUT2D eigenvalue weighted by molar-refractivity contribution is 0.321. The molecule has 2 aromatic rings. The number of aromatic nitrogens is 2. The zero-order valence-electron chi connectivity index (χ0n) is 13.3. The molecule has 1 aromatic heterocycles. The third kappa shape index (κ3) is 4.84. The molecule has 0 saturated carbocycles. The van der Waals surface area contributed by atoms with Crippen molar-refractivity contribution in [3.63, 3.8) is 0 Å². The van der Waals surface area contributed by atoms with Crippen LogP contribution in [0.5, 0.6) is 0 Å². The molecule has 0 bridgehead atoms. The molecule has 1 heterocycles. The van der Waals surface area contributed by atoms with E-state index < -0.39 is 9.84 Å². The normalized spacial score (nSPS) is 12.4. The Hall–Kier alpha value is -1.89. The average Bonchev–Trinajstić information content (AvgIpc) is 2.85. The second-order valence-corrected chi connectivity index (χ2v) is 8.55. The molecule has 22 heavy (non-hydrogen) atoms. The van der Waals surface area contributed by atoms with Gasteiger partial charge in [-0.1, -0.05) is 45.0 Å². The van der Waals surface area contributed by atoms with Crippen molar-refractivity contribution in [2.75, 3.05) is 11.6 Å². The van der Waals surface area contributed by atoms with Crippen molar-refractivity contribution in [1.29, 1.82) is 0 Å². The third-order valence-corrected chi connectivity index (χ3v) is 3.83. The zero-order chi connectivity index (χ0) is 16.4. The molecule has 0 unspecified atom stereocenters. The van der Waals surface area contributed by atoms with E-state index in [1.165, 1.54) is 6.26 Å². The fourth-order valence-corrected chi connectivity index (χ4v) is 2.64. The molecule has 1 N–H and O–H groups in total. The molecule has 0 aliphatic carbocycles. The van der Waals surface area contributed by atoms with E-state index in [1.807, 2.05) is 45.0 Å². The van der Waals surface area contributed by atoms with E-state index in [2.05, 4.69) is 15.5 Å². The fraction of sp³-hybridized carbons (Fsp3) is 0.467. The van der Waals surface area contributed by atoms with E-state index in [-0.39, 0.29) is 11.2 Å². The Morgan fingerprint density at radius 1 is 1.14 bits per heavy atom. The van der Waals surface area contributed by atoms with Crippen LogP contribution >= 0.6 is 0 Å². The van der Waals surface area contributed by atoms with Crippen molar-refractivity contribution in [3.8, 4) is 0 Å². The summed E-state index contributed by atoms with van der Waals surface area (Å²) in [6, 6.07) is 7.40. The summed E-state index contributed by atoms with van der Waals surface area (Å²) in [6.45, 7) is 6.56. The van der Waals surface area contributed by atoms with Gasteiger partial charge in [0.15, 0.2) is 9.84 Å². The quantitative estimate of drug-likeness (QED) is 0.910. The molecule has 0 fully saturated rings. The van der Waals surface area contributed by atoms with Crippen molar-refractivity contribution in [2.45, 2.75) is 38.5 Å². The summed E-state index contributed by atoms with van der Waals surface area (Å²) in [6.07, 6.45) is 1.23. The van der Waals surface area contributed by atoms with Gasteiger partial charge < -0.3 is 9.84 Å². The molecule has 0 aliphatic heterocycles. The SMILES string of the molecule is CC(C)(C)c1nc(NCc2ccc(CS(C)(=O)=O)cc2)no1. The molecule has 0 atom stereocenters. The second kappa shape index (κ2) is 6.08. The number of hydrogen-bond donors (Lipinski definition) is 1. The number of nitrogens with one attached hydrogen (secondary N) is 1. The van der Waals surface area contributed by atoms with Gasteiger partial charge in [-0.25, -0.2) is 8.42 Å². The fourth-order valence-electron chi connectivity index (χ4n) is 1.84. The second-order valence-electron chi connectivity index (χ2n) is 6.41. The molecule has 7 heteroatoms. The summed E-state index contributed by atoms with van der Waals surface area (Å²) < 4.78 is 27.7. The van der Waals surface area contributed by atoms with Crippen LogP contribution in [0.4, 0.5) is 5.95 Å².